The maximum atomic E-state index is 5.74. The lowest BCUT2D eigenvalue weighted by molar-refractivity contribution is 0.252. The monoisotopic (exact) mass is 622 g/mol. The van der Waals surface area contributed by atoms with Gasteiger partial charge in [-0.05, 0) is 70.4 Å². The van der Waals surface area contributed by atoms with Crippen LogP contribution in [0.4, 0.5) is 0 Å². The summed E-state index contributed by atoms with van der Waals surface area (Å²) in [7, 11) is 14.2. The Morgan fingerprint density at radius 1 is 0.511 bits per heavy atom. The van der Waals surface area contributed by atoms with Crippen molar-refractivity contribution in [2.24, 2.45) is 14.1 Å². The Hall–Kier alpha value is -3.76. The molecular formula is C35H50N4O6. The van der Waals surface area contributed by atoms with Crippen molar-refractivity contribution < 1.29 is 28.4 Å². The molecule has 0 bridgehead atoms. The standard InChI is InChI=1S/C35H50N4O6/c1-36-24(20-26-28(36)22-30(40-3)34(44-7)32(26)42-5)12-9-14-38-16-11-17-39(19-18-38)15-10-13-25-21-27-29(37(25)2)23-31(41-4)35(45-8)33(27)43-6/h20-23H,9-19H2,1-8H3. The highest BCUT2D eigenvalue weighted by Crippen LogP contribution is 2.45. The van der Waals surface area contributed by atoms with Gasteiger partial charge in [0.2, 0.25) is 11.5 Å². The molecule has 0 amide bonds. The van der Waals surface area contributed by atoms with Gasteiger partial charge in [0.25, 0.3) is 0 Å². The minimum atomic E-state index is 0.636. The van der Waals surface area contributed by atoms with Crippen LogP contribution >= 0.6 is 0 Å². The molecule has 3 heterocycles. The molecule has 0 N–H and O–H groups in total. The Morgan fingerprint density at radius 2 is 0.911 bits per heavy atom. The molecule has 10 heteroatoms. The molecule has 0 atom stereocenters. The average Bonchev–Trinajstić information content (AvgIpc) is 3.43. The number of fused-ring (bicyclic) bond motifs is 2. The van der Waals surface area contributed by atoms with E-state index in [1.165, 1.54) is 17.8 Å². The Morgan fingerprint density at radius 3 is 1.27 bits per heavy atom. The molecule has 4 aromatic rings. The van der Waals surface area contributed by atoms with Gasteiger partial charge in [0.05, 0.1) is 53.7 Å². The van der Waals surface area contributed by atoms with Gasteiger partial charge in [0, 0.05) is 61.5 Å². The fourth-order valence-electron chi connectivity index (χ4n) is 6.92. The summed E-state index contributed by atoms with van der Waals surface area (Å²) in [6.07, 6.45) is 5.44. The van der Waals surface area contributed by atoms with Gasteiger partial charge in [-0.1, -0.05) is 0 Å². The van der Waals surface area contributed by atoms with Crippen molar-refractivity contribution >= 4 is 21.8 Å². The predicted octanol–water partition coefficient (Wildman–Crippen LogP) is 5.29. The molecule has 1 fully saturated rings. The zero-order valence-electron chi connectivity index (χ0n) is 28.3. The molecule has 45 heavy (non-hydrogen) atoms. The predicted molar refractivity (Wildman–Crippen MR) is 179 cm³/mol. The molecule has 2 aromatic heterocycles. The molecule has 2 aromatic carbocycles. The second-order valence-corrected chi connectivity index (χ2v) is 11.8. The third kappa shape index (κ3) is 6.49. The molecule has 0 unspecified atom stereocenters. The van der Waals surface area contributed by atoms with Crippen molar-refractivity contribution in [2.75, 3.05) is 81.9 Å². The first-order valence-electron chi connectivity index (χ1n) is 15.9. The van der Waals surface area contributed by atoms with Gasteiger partial charge in [0.15, 0.2) is 23.0 Å². The quantitative estimate of drug-likeness (QED) is 0.188. The van der Waals surface area contributed by atoms with Gasteiger partial charge in [-0.3, -0.25) is 0 Å². The number of hydrogen-bond donors (Lipinski definition) is 0. The zero-order valence-corrected chi connectivity index (χ0v) is 28.3. The summed E-state index contributed by atoms with van der Waals surface area (Å²) < 4.78 is 38.3. The summed E-state index contributed by atoms with van der Waals surface area (Å²) >= 11 is 0. The molecule has 1 aliphatic rings. The van der Waals surface area contributed by atoms with Gasteiger partial charge in [-0.2, -0.15) is 0 Å². The second kappa shape index (κ2) is 14.6. The maximum absolute atomic E-state index is 5.74. The molecule has 0 saturated carbocycles. The molecule has 246 valence electrons. The summed E-state index contributed by atoms with van der Waals surface area (Å²) in [4.78, 5) is 5.26. The van der Waals surface area contributed by atoms with Crippen molar-refractivity contribution in [1.82, 2.24) is 18.9 Å². The Labute approximate surface area is 267 Å². The lowest BCUT2D eigenvalue weighted by atomic mass is 10.1. The highest BCUT2D eigenvalue weighted by atomic mass is 16.5. The number of aryl methyl sites for hydroxylation is 4. The van der Waals surface area contributed by atoms with Crippen molar-refractivity contribution in [3.8, 4) is 34.5 Å². The van der Waals surface area contributed by atoms with E-state index < -0.39 is 0 Å². The van der Waals surface area contributed by atoms with Crippen LogP contribution in [-0.2, 0) is 26.9 Å². The molecule has 1 saturated heterocycles. The number of aromatic nitrogens is 2. The summed E-state index contributed by atoms with van der Waals surface area (Å²) in [5.74, 6) is 4.09. The minimum absolute atomic E-state index is 0.636. The van der Waals surface area contributed by atoms with Crippen LogP contribution in [0.2, 0.25) is 0 Å². The lowest BCUT2D eigenvalue weighted by Gasteiger charge is -2.22. The Balaban J connectivity index is 1.14. The summed E-state index contributed by atoms with van der Waals surface area (Å²) in [6, 6.07) is 8.54. The zero-order chi connectivity index (χ0) is 32.1. The molecule has 0 aliphatic carbocycles. The van der Waals surface area contributed by atoms with Gasteiger partial charge in [-0.25, -0.2) is 0 Å². The van der Waals surface area contributed by atoms with Crippen LogP contribution in [0.25, 0.3) is 21.8 Å². The summed E-state index contributed by atoms with van der Waals surface area (Å²) in [5.41, 5.74) is 4.76. The number of benzene rings is 2. The maximum Gasteiger partial charge on any atom is 0.204 e. The molecule has 1 aliphatic heterocycles. The van der Waals surface area contributed by atoms with Gasteiger partial charge < -0.3 is 47.4 Å². The van der Waals surface area contributed by atoms with E-state index in [0.717, 1.165) is 98.3 Å². The van der Waals surface area contributed by atoms with Gasteiger partial charge in [-0.15, -0.1) is 0 Å². The third-order valence-corrected chi connectivity index (χ3v) is 9.40. The topological polar surface area (TPSA) is 71.7 Å². The van der Waals surface area contributed by atoms with Crippen LogP contribution in [0.15, 0.2) is 24.3 Å². The summed E-state index contributed by atoms with van der Waals surface area (Å²) in [5, 5.41) is 2.11. The molecule has 5 rings (SSSR count). The van der Waals surface area contributed by atoms with E-state index in [1.807, 2.05) is 12.1 Å². The Kier molecular flexibility index (Phi) is 10.6. The first kappa shape index (κ1) is 32.6. The second-order valence-electron chi connectivity index (χ2n) is 11.8. The fraction of sp³-hybridized carbons (Fsp3) is 0.543. The first-order chi connectivity index (χ1) is 21.9. The lowest BCUT2D eigenvalue weighted by Crippen LogP contribution is -2.32. The van der Waals surface area contributed by atoms with E-state index in [1.54, 1.807) is 42.7 Å². The van der Waals surface area contributed by atoms with E-state index in [0.29, 0.717) is 23.0 Å². The van der Waals surface area contributed by atoms with Gasteiger partial charge in [0.1, 0.15) is 0 Å². The van der Waals surface area contributed by atoms with Crippen LogP contribution in [0.3, 0.4) is 0 Å². The van der Waals surface area contributed by atoms with Crippen molar-refractivity contribution in [2.45, 2.75) is 32.1 Å². The first-order valence-corrected chi connectivity index (χ1v) is 15.9. The fourth-order valence-corrected chi connectivity index (χ4v) is 6.92. The van der Waals surface area contributed by atoms with Crippen molar-refractivity contribution in [3.63, 3.8) is 0 Å². The number of rotatable bonds is 14. The van der Waals surface area contributed by atoms with E-state index in [2.05, 4.69) is 45.2 Å². The number of methoxy groups -OCH3 is 6. The SMILES string of the molecule is COc1cc2c(cc(CCCN3CCCN(CCCc4cc5c(OC)c(OC)c(OC)cc5n4C)CC3)n2C)c(OC)c1OC. The van der Waals surface area contributed by atoms with Crippen molar-refractivity contribution in [1.29, 1.82) is 0 Å². The van der Waals surface area contributed by atoms with Crippen LogP contribution in [0.1, 0.15) is 30.7 Å². The molecule has 10 nitrogen and oxygen atoms in total. The third-order valence-electron chi connectivity index (χ3n) is 9.40. The van der Waals surface area contributed by atoms with Crippen LogP contribution in [0.5, 0.6) is 34.5 Å². The summed E-state index contributed by atoms with van der Waals surface area (Å²) in [6.45, 7) is 6.74. The normalized spacial score (nSPS) is 14.6. The number of hydrogen-bond acceptors (Lipinski definition) is 8. The average molecular weight is 623 g/mol. The largest absolute Gasteiger partial charge is 0.493 e. The minimum Gasteiger partial charge on any atom is -0.493 e. The van der Waals surface area contributed by atoms with E-state index in [-0.39, 0.29) is 0 Å². The molecular weight excluding hydrogens is 572 g/mol. The smallest absolute Gasteiger partial charge is 0.204 e. The van der Waals surface area contributed by atoms with Crippen molar-refractivity contribution in [3.05, 3.63) is 35.7 Å². The van der Waals surface area contributed by atoms with Crippen LogP contribution in [-0.4, -0.2) is 101 Å². The Bertz CT molecular complexity index is 1490. The van der Waals surface area contributed by atoms with Gasteiger partial charge >= 0.3 is 0 Å². The highest BCUT2D eigenvalue weighted by molar-refractivity contribution is 5.93. The molecule has 0 spiro atoms. The molecule has 0 radical (unpaired) electrons. The van der Waals surface area contributed by atoms with E-state index in [4.69, 9.17) is 28.4 Å². The van der Waals surface area contributed by atoms with Crippen LogP contribution < -0.4 is 28.4 Å². The number of ether oxygens (including phenoxy) is 6. The number of nitrogens with zero attached hydrogens (tertiary/aromatic N) is 4. The van der Waals surface area contributed by atoms with E-state index in [9.17, 15) is 0 Å². The highest BCUT2D eigenvalue weighted by Gasteiger charge is 2.22. The van der Waals surface area contributed by atoms with E-state index >= 15 is 0 Å². The van der Waals surface area contributed by atoms with Crippen LogP contribution in [0, 0.1) is 0 Å².